The highest BCUT2D eigenvalue weighted by Gasteiger charge is 2.35. The van der Waals surface area contributed by atoms with E-state index in [9.17, 15) is 13.2 Å². The van der Waals surface area contributed by atoms with Crippen molar-refractivity contribution < 1.29 is 23.1 Å². The molecular weight excluding hydrogens is 430 g/mol. The molecule has 0 aliphatic carbocycles. The zero-order valence-electron chi connectivity index (χ0n) is 17.6. The predicted molar refractivity (Wildman–Crippen MR) is 121 cm³/mol. The average Bonchev–Trinajstić information content (AvgIpc) is 2.74. The van der Waals surface area contributed by atoms with Crippen LogP contribution in [0.1, 0.15) is 37.4 Å². The monoisotopic (exact) mass is 453 g/mol. The van der Waals surface area contributed by atoms with Crippen molar-refractivity contribution >= 4 is 27.6 Å². The van der Waals surface area contributed by atoms with Crippen LogP contribution in [0.5, 0.6) is 5.75 Å². The molecule has 2 aromatic carbocycles. The first kappa shape index (κ1) is 21.6. The summed E-state index contributed by atoms with van der Waals surface area (Å²) in [6.07, 6.45) is 2.12. The molecule has 0 spiro atoms. The Hall–Kier alpha value is -3.59. The number of aromatic nitrogens is 1. The molecule has 166 valence electrons. The van der Waals surface area contributed by atoms with Crippen molar-refractivity contribution in [2.45, 2.75) is 36.6 Å². The number of carbonyl (C=O) groups is 1. The maximum absolute atomic E-state index is 12.9. The van der Waals surface area contributed by atoms with E-state index in [2.05, 4.69) is 28.9 Å². The number of pyridine rings is 1. The third-order valence-electron chi connectivity index (χ3n) is 5.49. The minimum absolute atomic E-state index is 0.0861. The van der Waals surface area contributed by atoms with Gasteiger partial charge in [-0.3, -0.25) is 9.71 Å². The standard InChI is InChI=1S/C23H23N3O5S/c1-23(2)13-21(25-20-10-9-15(12-18(20)23)31-22(27)28)17-7-3-4-8-19(17)26-32(29,30)16-6-5-11-24-14-16/h3-12,14,21,25-26H,13H2,1-2H3,(H,27,28). The third-order valence-corrected chi connectivity index (χ3v) is 6.85. The second-order valence-electron chi connectivity index (χ2n) is 8.24. The van der Waals surface area contributed by atoms with Gasteiger partial charge >= 0.3 is 6.16 Å². The van der Waals surface area contributed by atoms with E-state index < -0.39 is 16.2 Å². The SMILES string of the molecule is CC1(C)CC(c2ccccc2NS(=O)(=O)c2cccnc2)Nc2ccc(OC(=O)O)cc21. The molecule has 0 amide bonds. The molecule has 1 aromatic heterocycles. The number of rotatable bonds is 5. The number of anilines is 2. The topological polar surface area (TPSA) is 118 Å². The summed E-state index contributed by atoms with van der Waals surface area (Å²) in [6.45, 7) is 4.12. The number of benzene rings is 2. The molecule has 1 atom stereocenters. The molecule has 2 heterocycles. The van der Waals surface area contributed by atoms with Gasteiger partial charge in [-0.05, 0) is 59.4 Å². The zero-order chi connectivity index (χ0) is 22.9. The van der Waals surface area contributed by atoms with Crippen LogP contribution in [0.15, 0.2) is 71.9 Å². The molecular formula is C23H23N3O5S. The highest BCUT2D eigenvalue weighted by Crippen LogP contribution is 2.46. The van der Waals surface area contributed by atoms with Crippen molar-refractivity contribution in [3.63, 3.8) is 0 Å². The van der Waals surface area contributed by atoms with Gasteiger partial charge in [0.25, 0.3) is 10.0 Å². The lowest BCUT2D eigenvalue weighted by atomic mass is 9.74. The fourth-order valence-corrected chi connectivity index (χ4v) is 5.07. The van der Waals surface area contributed by atoms with Crippen LogP contribution in [0, 0.1) is 0 Å². The van der Waals surface area contributed by atoms with Gasteiger partial charge in [-0.15, -0.1) is 0 Å². The number of para-hydroxylation sites is 1. The van der Waals surface area contributed by atoms with Crippen molar-refractivity contribution in [3.05, 3.63) is 78.1 Å². The highest BCUT2D eigenvalue weighted by molar-refractivity contribution is 7.92. The number of ether oxygens (including phenoxy) is 1. The van der Waals surface area contributed by atoms with Crippen LogP contribution < -0.4 is 14.8 Å². The van der Waals surface area contributed by atoms with Gasteiger partial charge in [-0.25, -0.2) is 13.2 Å². The summed E-state index contributed by atoms with van der Waals surface area (Å²) < 4.78 is 33.2. The first-order chi connectivity index (χ1) is 15.2. The van der Waals surface area contributed by atoms with E-state index >= 15 is 0 Å². The van der Waals surface area contributed by atoms with E-state index in [1.807, 2.05) is 12.1 Å². The summed E-state index contributed by atoms with van der Waals surface area (Å²) in [7, 11) is -3.79. The number of nitrogens with zero attached hydrogens (tertiary/aromatic N) is 1. The van der Waals surface area contributed by atoms with Crippen molar-refractivity contribution in [2.75, 3.05) is 10.0 Å². The quantitative estimate of drug-likeness (QED) is 0.376. The lowest BCUT2D eigenvalue weighted by Crippen LogP contribution is -2.31. The number of nitrogens with one attached hydrogen (secondary N) is 2. The van der Waals surface area contributed by atoms with Gasteiger partial charge in [0, 0.05) is 18.1 Å². The lowest BCUT2D eigenvalue weighted by Gasteiger charge is -2.39. The molecule has 0 bridgehead atoms. The number of hydrogen-bond acceptors (Lipinski definition) is 6. The Morgan fingerprint density at radius 1 is 1.19 bits per heavy atom. The minimum atomic E-state index is -3.79. The summed E-state index contributed by atoms with van der Waals surface area (Å²) in [5, 5.41) is 12.4. The van der Waals surface area contributed by atoms with Gasteiger partial charge in [0.15, 0.2) is 0 Å². The number of fused-ring (bicyclic) bond motifs is 1. The Bertz CT molecular complexity index is 1260. The normalized spacial score (nSPS) is 17.0. The van der Waals surface area contributed by atoms with E-state index in [0.29, 0.717) is 12.1 Å². The highest BCUT2D eigenvalue weighted by atomic mass is 32.2. The van der Waals surface area contributed by atoms with Crippen molar-refractivity contribution in [1.82, 2.24) is 4.98 Å². The minimum Gasteiger partial charge on any atom is -0.449 e. The van der Waals surface area contributed by atoms with Crippen molar-refractivity contribution in [1.29, 1.82) is 0 Å². The lowest BCUT2D eigenvalue weighted by molar-refractivity contribution is 0.144. The summed E-state index contributed by atoms with van der Waals surface area (Å²) in [5.74, 6) is 0.259. The molecule has 4 rings (SSSR count). The second-order valence-corrected chi connectivity index (χ2v) is 9.92. The Labute approximate surface area is 186 Å². The number of hydrogen-bond donors (Lipinski definition) is 3. The van der Waals surface area contributed by atoms with Crippen LogP contribution in [0.25, 0.3) is 0 Å². The van der Waals surface area contributed by atoms with Crippen LogP contribution >= 0.6 is 0 Å². The van der Waals surface area contributed by atoms with Crippen LogP contribution in [0.4, 0.5) is 16.2 Å². The summed E-state index contributed by atoms with van der Waals surface area (Å²) >= 11 is 0. The van der Waals surface area contributed by atoms with Gasteiger partial charge in [0.1, 0.15) is 10.6 Å². The van der Waals surface area contributed by atoms with Gasteiger partial charge in [-0.2, -0.15) is 0 Å². The number of sulfonamides is 1. The van der Waals surface area contributed by atoms with E-state index in [0.717, 1.165) is 16.8 Å². The van der Waals surface area contributed by atoms with E-state index in [1.165, 1.54) is 18.5 Å². The molecule has 0 saturated carbocycles. The summed E-state index contributed by atoms with van der Waals surface area (Å²) in [6, 6.07) is 15.3. The largest absolute Gasteiger partial charge is 0.511 e. The molecule has 0 fully saturated rings. The van der Waals surface area contributed by atoms with Crippen LogP contribution in [0.2, 0.25) is 0 Å². The van der Waals surface area contributed by atoms with E-state index in [1.54, 1.807) is 36.4 Å². The fourth-order valence-electron chi connectivity index (χ4n) is 4.02. The average molecular weight is 454 g/mol. The predicted octanol–water partition coefficient (Wildman–Crippen LogP) is 4.77. The molecule has 0 radical (unpaired) electrons. The van der Waals surface area contributed by atoms with E-state index in [4.69, 9.17) is 9.84 Å². The summed E-state index contributed by atoms with van der Waals surface area (Å²) in [4.78, 5) is 14.9. The third kappa shape index (κ3) is 4.38. The molecule has 1 aliphatic rings. The first-order valence-electron chi connectivity index (χ1n) is 9.99. The molecule has 3 N–H and O–H groups in total. The molecule has 0 saturated heterocycles. The van der Waals surface area contributed by atoms with Gasteiger partial charge in [0.05, 0.1) is 11.7 Å². The Balaban J connectivity index is 1.67. The first-order valence-corrected chi connectivity index (χ1v) is 11.5. The van der Waals surface area contributed by atoms with Crippen LogP contribution in [0.3, 0.4) is 0 Å². The smallest absolute Gasteiger partial charge is 0.449 e. The number of carboxylic acid groups (broad SMARTS) is 1. The molecule has 1 aliphatic heterocycles. The molecule has 1 unspecified atom stereocenters. The van der Waals surface area contributed by atoms with Crippen LogP contribution in [-0.2, 0) is 15.4 Å². The zero-order valence-corrected chi connectivity index (χ0v) is 18.4. The Morgan fingerprint density at radius 3 is 2.69 bits per heavy atom. The molecule has 8 nitrogen and oxygen atoms in total. The maximum atomic E-state index is 12.9. The second kappa shape index (κ2) is 8.16. The summed E-state index contributed by atoms with van der Waals surface area (Å²) in [5.41, 5.74) is 2.75. The van der Waals surface area contributed by atoms with E-state index in [-0.39, 0.29) is 22.1 Å². The van der Waals surface area contributed by atoms with Crippen molar-refractivity contribution in [2.24, 2.45) is 0 Å². The van der Waals surface area contributed by atoms with Gasteiger partial charge in [0.2, 0.25) is 0 Å². The van der Waals surface area contributed by atoms with Crippen molar-refractivity contribution in [3.8, 4) is 5.75 Å². The van der Waals surface area contributed by atoms with Gasteiger partial charge in [-0.1, -0.05) is 32.0 Å². The molecule has 3 aromatic rings. The molecule has 9 heteroatoms. The maximum Gasteiger partial charge on any atom is 0.511 e. The Kier molecular flexibility index (Phi) is 5.52. The fraction of sp³-hybridized carbons (Fsp3) is 0.217. The van der Waals surface area contributed by atoms with Crippen LogP contribution in [-0.4, -0.2) is 24.7 Å². The van der Waals surface area contributed by atoms with Gasteiger partial charge < -0.3 is 15.2 Å². The molecule has 32 heavy (non-hydrogen) atoms. The Morgan fingerprint density at radius 2 is 1.97 bits per heavy atom.